The Bertz CT molecular complexity index is 743. The second-order valence-corrected chi connectivity index (χ2v) is 8.45. The van der Waals surface area contributed by atoms with Crippen LogP contribution in [0, 0.1) is 0 Å². The van der Waals surface area contributed by atoms with E-state index in [1.54, 1.807) is 12.1 Å². The molecule has 2 rings (SSSR count). The van der Waals surface area contributed by atoms with Crippen LogP contribution in [0.1, 0.15) is 52.7 Å². The topological polar surface area (TPSA) is 68.2 Å². The first-order chi connectivity index (χ1) is 13.5. The van der Waals surface area contributed by atoms with Crippen molar-refractivity contribution >= 4 is 0 Å². The van der Waals surface area contributed by atoms with Gasteiger partial charge >= 0.3 is 0 Å². The van der Waals surface area contributed by atoms with Gasteiger partial charge in [0.15, 0.2) is 23.0 Å². The summed E-state index contributed by atoms with van der Waals surface area (Å²) in [7, 11) is 0. The second kappa shape index (κ2) is 9.40. The Hall–Kier alpha value is -2.40. The largest absolute Gasteiger partial charge is 0.504 e. The predicted octanol–water partition coefficient (Wildman–Crippen LogP) is 5.25. The van der Waals surface area contributed by atoms with E-state index in [0.717, 1.165) is 11.1 Å². The number of aromatic hydroxyl groups is 2. The summed E-state index contributed by atoms with van der Waals surface area (Å²) in [5.74, 6) is 1.28. The highest BCUT2D eigenvalue weighted by Gasteiger charge is 2.30. The molecule has 0 aromatic heterocycles. The van der Waals surface area contributed by atoms with Gasteiger partial charge in [0.05, 0.1) is 24.4 Å². The van der Waals surface area contributed by atoms with Crippen LogP contribution in [-0.4, -0.2) is 34.6 Å². The number of rotatable bonds is 10. The Morgan fingerprint density at radius 3 is 1.41 bits per heavy atom. The SMILES string of the molecule is CCOc1cc(CC(C)(C)OC(C)(C)Cc2ccc(O)c(OCC)c2)ccc1O. The Labute approximate surface area is 174 Å². The normalized spacial score (nSPS) is 12.1. The number of phenolic OH excluding ortho intramolecular Hbond substituents is 2. The van der Waals surface area contributed by atoms with Crippen LogP contribution >= 0.6 is 0 Å². The standard InChI is InChI=1S/C24H34O5/c1-7-27-21-13-17(9-11-19(21)25)15-23(3,4)29-24(5,6)16-18-10-12-20(26)22(14-18)28-8-2/h9-14,25-26H,7-8,15-16H2,1-6H3. The Balaban J connectivity index is 2.10. The molecule has 0 saturated heterocycles. The zero-order chi connectivity index (χ0) is 21.7. The maximum Gasteiger partial charge on any atom is 0.161 e. The zero-order valence-corrected chi connectivity index (χ0v) is 18.4. The summed E-state index contributed by atoms with van der Waals surface area (Å²) in [5.41, 5.74) is 1.22. The van der Waals surface area contributed by atoms with Crippen LogP contribution in [0.5, 0.6) is 23.0 Å². The van der Waals surface area contributed by atoms with Gasteiger partial charge in [-0.05, 0) is 76.9 Å². The molecule has 0 saturated carbocycles. The van der Waals surface area contributed by atoms with E-state index in [0.29, 0.717) is 37.6 Å². The van der Waals surface area contributed by atoms with Crippen molar-refractivity contribution in [2.45, 2.75) is 65.6 Å². The first kappa shape index (κ1) is 22.9. The zero-order valence-electron chi connectivity index (χ0n) is 18.4. The molecule has 0 atom stereocenters. The number of ether oxygens (including phenoxy) is 3. The summed E-state index contributed by atoms with van der Waals surface area (Å²) in [6.07, 6.45) is 1.35. The third-order valence-corrected chi connectivity index (χ3v) is 4.46. The fraction of sp³-hybridized carbons (Fsp3) is 0.500. The van der Waals surface area contributed by atoms with E-state index in [1.165, 1.54) is 0 Å². The van der Waals surface area contributed by atoms with Crippen LogP contribution in [0.4, 0.5) is 0 Å². The summed E-state index contributed by atoms with van der Waals surface area (Å²) in [5, 5.41) is 19.8. The molecule has 0 heterocycles. The number of hydrogen-bond acceptors (Lipinski definition) is 5. The maximum atomic E-state index is 9.91. The lowest BCUT2D eigenvalue weighted by atomic mass is 9.93. The molecule has 0 aliphatic carbocycles. The van der Waals surface area contributed by atoms with Gasteiger partial charge in [-0.15, -0.1) is 0 Å². The summed E-state index contributed by atoms with van der Waals surface area (Å²) in [4.78, 5) is 0. The monoisotopic (exact) mass is 402 g/mol. The van der Waals surface area contributed by atoms with Crippen LogP contribution < -0.4 is 9.47 Å². The first-order valence-electron chi connectivity index (χ1n) is 10.1. The van der Waals surface area contributed by atoms with Crippen LogP contribution in [0.25, 0.3) is 0 Å². The van der Waals surface area contributed by atoms with Gasteiger partial charge in [-0.25, -0.2) is 0 Å². The average Bonchev–Trinajstić information content (AvgIpc) is 2.59. The molecule has 0 unspecified atom stereocenters. The fourth-order valence-corrected chi connectivity index (χ4v) is 3.68. The van der Waals surface area contributed by atoms with Crippen molar-refractivity contribution < 1.29 is 24.4 Å². The van der Waals surface area contributed by atoms with Gasteiger partial charge < -0.3 is 24.4 Å². The number of benzene rings is 2. The lowest BCUT2D eigenvalue weighted by Gasteiger charge is -2.36. The second-order valence-electron chi connectivity index (χ2n) is 8.45. The Kier molecular flexibility index (Phi) is 7.42. The molecule has 0 spiro atoms. The molecule has 29 heavy (non-hydrogen) atoms. The van der Waals surface area contributed by atoms with Gasteiger partial charge in [-0.2, -0.15) is 0 Å². The minimum absolute atomic E-state index is 0.145. The van der Waals surface area contributed by atoms with Gasteiger partial charge in [0.1, 0.15) is 0 Å². The van der Waals surface area contributed by atoms with Gasteiger partial charge in [-0.1, -0.05) is 12.1 Å². The molecule has 2 aromatic rings. The van der Waals surface area contributed by atoms with Crippen LogP contribution in [0.2, 0.25) is 0 Å². The molecule has 0 bridgehead atoms. The lowest BCUT2D eigenvalue weighted by Crippen LogP contribution is -2.40. The molecule has 160 valence electrons. The molecule has 0 aliphatic rings. The predicted molar refractivity (Wildman–Crippen MR) is 115 cm³/mol. The van der Waals surface area contributed by atoms with Crippen molar-refractivity contribution in [1.29, 1.82) is 0 Å². The maximum absolute atomic E-state index is 9.91. The van der Waals surface area contributed by atoms with Crippen molar-refractivity contribution in [2.24, 2.45) is 0 Å². The molecule has 2 N–H and O–H groups in total. The van der Waals surface area contributed by atoms with Gasteiger partial charge in [-0.3, -0.25) is 0 Å². The highest BCUT2D eigenvalue weighted by atomic mass is 16.5. The van der Waals surface area contributed by atoms with E-state index < -0.39 is 11.2 Å². The van der Waals surface area contributed by atoms with Gasteiger partial charge in [0.25, 0.3) is 0 Å². The van der Waals surface area contributed by atoms with Crippen molar-refractivity contribution in [1.82, 2.24) is 0 Å². The van der Waals surface area contributed by atoms with Crippen molar-refractivity contribution in [3.8, 4) is 23.0 Å². The third-order valence-electron chi connectivity index (χ3n) is 4.46. The minimum atomic E-state index is -0.427. The molecular weight excluding hydrogens is 368 g/mol. The van der Waals surface area contributed by atoms with E-state index in [2.05, 4.69) is 27.7 Å². The molecule has 0 fully saturated rings. The summed E-state index contributed by atoms with van der Waals surface area (Å²) < 4.78 is 17.5. The third kappa shape index (κ3) is 6.86. The molecular formula is C24H34O5. The molecule has 5 heteroatoms. The van der Waals surface area contributed by atoms with E-state index >= 15 is 0 Å². The van der Waals surface area contributed by atoms with Gasteiger partial charge in [0.2, 0.25) is 0 Å². The molecule has 2 aromatic carbocycles. The molecule has 0 radical (unpaired) electrons. The summed E-state index contributed by atoms with van der Waals surface area (Å²) >= 11 is 0. The number of hydrogen-bond donors (Lipinski definition) is 2. The first-order valence-corrected chi connectivity index (χ1v) is 10.1. The van der Waals surface area contributed by atoms with Crippen LogP contribution in [-0.2, 0) is 17.6 Å². The van der Waals surface area contributed by atoms with E-state index in [9.17, 15) is 10.2 Å². The number of phenols is 2. The van der Waals surface area contributed by atoms with Crippen molar-refractivity contribution in [3.63, 3.8) is 0 Å². The van der Waals surface area contributed by atoms with Crippen LogP contribution in [0.3, 0.4) is 0 Å². The highest BCUT2D eigenvalue weighted by Crippen LogP contribution is 2.33. The smallest absolute Gasteiger partial charge is 0.161 e. The summed E-state index contributed by atoms with van der Waals surface area (Å²) in [6.45, 7) is 13.0. The van der Waals surface area contributed by atoms with Crippen molar-refractivity contribution in [3.05, 3.63) is 47.5 Å². The van der Waals surface area contributed by atoms with E-state index in [4.69, 9.17) is 14.2 Å². The fourth-order valence-electron chi connectivity index (χ4n) is 3.68. The molecule has 5 nitrogen and oxygen atoms in total. The Morgan fingerprint density at radius 1 is 0.690 bits per heavy atom. The highest BCUT2D eigenvalue weighted by molar-refractivity contribution is 5.43. The van der Waals surface area contributed by atoms with E-state index in [-0.39, 0.29) is 11.5 Å². The summed E-state index contributed by atoms with van der Waals surface area (Å²) in [6, 6.07) is 10.8. The van der Waals surface area contributed by atoms with Crippen molar-refractivity contribution in [2.75, 3.05) is 13.2 Å². The van der Waals surface area contributed by atoms with E-state index in [1.807, 2.05) is 38.1 Å². The average molecular weight is 403 g/mol. The lowest BCUT2D eigenvalue weighted by molar-refractivity contribution is -0.121. The Morgan fingerprint density at radius 2 is 1.07 bits per heavy atom. The quantitative estimate of drug-likeness (QED) is 0.568. The molecule has 0 aliphatic heterocycles. The van der Waals surface area contributed by atoms with Crippen LogP contribution in [0.15, 0.2) is 36.4 Å². The van der Waals surface area contributed by atoms with Gasteiger partial charge in [0, 0.05) is 12.8 Å². The minimum Gasteiger partial charge on any atom is -0.504 e. The molecule has 0 amide bonds.